The van der Waals surface area contributed by atoms with Gasteiger partial charge in [-0.1, -0.05) is 13.8 Å². The van der Waals surface area contributed by atoms with Gasteiger partial charge in [-0.2, -0.15) is 8.78 Å². The molecule has 0 aromatic rings. The third-order valence-electron chi connectivity index (χ3n) is 2.23. The molecular formula is C10H18F4N2O. The summed E-state index contributed by atoms with van der Waals surface area (Å²) >= 11 is 0. The highest BCUT2D eigenvalue weighted by Crippen LogP contribution is 2.21. The van der Waals surface area contributed by atoms with Crippen LogP contribution in [0.1, 0.15) is 20.3 Å². The van der Waals surface area contributed by atoms with E-state index >= 15 is 0 Å². The van der Waals surface area contributed by atoms with E-state index in [1.807, 2.05) is 19.2 Å². The molecule has 1 unspecified atom stereocenters. The maximum absolute atomic E-state index is 12.5. The van der Waals surface area contributed by atoms with Gasteiger partial charge in [-0.15, -0.1) is 0 Å². The average Bonchev–Trinajstić information content (AvgIpc) is 2.22. The molecule has 17 heavy (non-hydrogen) atoms. The van der Waals surface area contributed by atoms with E-state index in [1.54, 1.807) is 0 Å². The van der Waals surface area contributed by atoms with Gasteiger partial charge in [0.25, 0.3) is 0 Å². The largest absolute Gasteiger partial charge is 0.350 e. The van der Waals surface area contributed by atoms with Crippen molar-refractivity contribution in [3.63, 3.8) is 0 Å². The summed E-state index contributed by atoms with van der Waals surface area (Å²) in [6.07, 6.45) is -3.35. The molecule has 0 radical (unpaired) electrons. The molecule has 3 N–H and O–H groups in total. The van der Waals surface area contributed by atoms with Gasteiger partial charge in [-0.3, -0.25) is 4.79 Å². The van der Waals surface area contributed by atoms with Crippen LogP contribution in [0.5, 0.6) is 0 Å². The van der Waals surface area contributed by atoms with Crippen LogP contribution in [0.25, 0.3) is 0 Å². The van der Waals surface area contributed by atoms with Crippen LogP contribution in [0.4, 0.5) is 17.6 Å². The fourth-order valence-corrected chi connectivity index (χ4v) is 1.31. The molecule has 0 aliphatic carbocycles. The summed E-state index contributed by atoms with van der Waals surface area (Å²) in [7, 11) is 0. The van der Waals surface area contributed by atoms with Crippen LogP contribution in [-0.4, -0.2) is 31.3 Å². The van der Waals surface area contributed by atoms with Crippen molar-refractivity contribution in [3.05, 3.63) is 0 Å². The summed E-state index contributed by atoms with van der Waals surface area (Å²) < 4.78 is 48.7. The zero-order valence-electron chi connectivity index (χ0n) is 9.85. The number of hydrogen-bond acceptors (Lipinski definition) is 2. The Morgan fingerprint density at radius 3 is 2.24 bits per heavy atom. The highest BCUT2D eigenvalue weighted by molar-refractivity contribution is 5.78. The van der Waals surface area contributed by atoms with Gasteiger partial charge in [-0.05, 0) is 12.3 Å². The lowest BCUT2D eigenvalue weighted by atomic mass is 9.96. The highest BCUT2D eigenvalue weighted by Gasteiger charge is 2.41. The second-order valence-electron chi connectivity index (χ2n) is 4.34. The Kier molecular flexibility index (Phi) is 6.44. The average molecular weight is 258 g/mol. The van der Waals surface area contributed by atoms with Crippen LogP contribution in [0, 0.1) is 11.8 Å². The molecule has 0 aromatic heterocycles. The van der Waals surface area contributed by atoms with Crippen molar-refractivity contribution in [2.45, 2.75) is 32.6 Å². The molecule has 1 amide bonds. The zero-order valence-corrected chi connectivity index (χ0v) is 9.85. The summed E-state index contributed by atoms with van der Waals surface area (Å²) in [5, 5.41) is 1.81. The van der Waals surface area contributed by atoms with Crippen molar-refractivity contribution in [2.24, 2.45) is 17.6 Å². The van der Waals surface area contributed by atoms with Crippen LogP contribution in [0.2, 0.25) is 0 Å². The van der Waals surface area contributed by atoms with E-state index in [0.29, 0.717) is 6.42 Å². The number of carbonyl (C=O) groups is 1. The number of alkyl halides is 4. The Bertz CT molecular complexity index is 246. The fourth-order valence-electron chi connectivity index (χ4n) is 1.31. The van der Waals surface area contributed by atoms with Crippen LogP contribution < -0.4 is 11.1 Å². The Labute approximate surface area is 97.7 Å². The standard InChI is InChI=1S/C10H18F4N2O/c1-6(2)3-7(4-15)8(17)16-5-10(13,14)9(11)12/h6-7,9H,3-5,15H2,1-2H3,(H,16,17). The normalized spacial score (nSPS) is 14.2. The maximum Gasteiger partial charge on any atom is 0.324 e. The SMILES string of the molecule is CC(C)CC(CN)C(=O)NCC(F)(F)C(F)F. The van der Waals surface area contributed by atoms with Gasteiger partial charge in [0.2, 0.25) is 5.91 Å². The Hall–Kier alpha value is -0.850. The third kappa shape index (κ3) is 5.86. The lowest BCUT2D eigenvalue weighted by Gasteiger charge is -2.20. The van der Waals surface area contributed by atoms with Crippen molar-refractivity contribution in [1.29, 1.82) is 0 Å². The van der Waals surface area contributed by atoms with E-state index in [4.69, 9.17) is 5.73 Å². The predicted octanol–water partition coefficient (Wildman–Crippen LogP) is 1.62. The highest BCUT2D eigenvalue weighted by atomic mass is 19.3. The first-order valence-electron chi connectivity index (χ1n) is 5.34. The first-order chi connectivity index (χ1) is 7.70. The van der Waals surface area contributed by atoms with E-state index < -0.39 is 30.7 Å². The summed E-state index contributed by atoms with van der Waals surface area (Å²) in [5.74, 6) is -5.36. The molecule has 0 rings (SSSR count). The van der Waals surface area contributed by atoms with Gasteiger partial charge < -0.3 is 11.1 Å². The van der Waals surface area contributed by atoms with Gasteiger partial charge in [0, 0.05) is 6.54 Å². The molecule has 0 saturated heterocycles. The number of nitrogens with two attached hydrogens (primary N) is 1. The molecule has 0 bridgehead atoms. The minimum absolute atomic E-state index is 0.00423. The van der Waals surface area contributed by atoms with Gasteiger partial charge in [0.15, 0.2) is 0 Å². The molecule has 0 saturated carbocycles. The van der Waals surface area contributed by atoms with Crippen LogP contribution >= 0.6 is 0 Å². The van der Waals surface area contributed by atoms with Crippen molar-refractivity contribution < 1.29 is 22.4 Å². The quantitative estimate of drug-likeness (QED) is 0.682. The maximum atomic E-state index is 12.5. The molecule has 7 heteroatoms. The molecule has 0 aromatic carbocycles. The Morgan fingerprint density at radius 1 is 1.35 bits per heavy atom. The molecule has 0 fully saturated rings. The minimum atomic E-state index is -4.20. The summed E-state index contributed by atoms with van der Waals surface area (Å²) in [6.45, 7) is 2.34. The molecular weight excluding hydrogens is 240 g/mol. The molecule has 102 valence electrons. The van der Waals surface area contributed by atoms with E-state index in [9.17, 15) is 22.4 Å². The number of hydrogen-bond donors (Lipinski definition) is 2. The van der Waals surface area contributed by atoms with Crippen LogP contribution in [0.3, 0.4) is 0 Å². The van der Waals surface area contributed by atoms with E-state index in [-0.39, 0.29) is 12.5 Å². The second-order valence-corrected chi connectivity index (χ2v) is 4.34. The van der Waals surface area contributed by atoms with Gasteiger partial charge in [0.05, 0.1) is 12.5 Å². The molecule has 0 aliphatic rings. The van der Waals surface area contributed by atoms with Crippen molar-refractivity contribution in [2.75, 3.05) is 13.1 Å². The summed E-state index contributed by atoms with van der Waals surface area (Å²) in [4.78, 5) is 11.4. The summed E-state index contributed by atoms with van der Waals surface area (Å²) in [5.41, 5.74) is 5.32. The lowest BCUT2D eigenvalue weighted by Crippen LogP contribution is -2.45. The first-order valence-corrected chi connectivity index (χ1v) is 5.34. The first kappa shape index (κ1) is 16.1. The van der Waals surface area contributed by atoms with Gasteiger partial charge in [-0.25, -0.2) is 8.78 Å². The summed E-state index contributed by atoms with van der Waals surface area (Å²) in [6, 6.07) is 0. The van der Waals surface area contributed by atoms with Crippen molar-refractivity contribution in [1.82, 2.24) is 5.32 Å². The number of carbonyl (C=O) groups excluding carboxylic acids is 1. The second kappa shape index (κ2) is 6.78. The smallest absolute Gasteiger partial charge is 0.324 e. The van der Waals surface area contributed by atoms with E-state index in [2.05, 4.69) is 0 Å². The van der Waals surface area contributed by atoms with E-state index in [1.165, 1.54) is 0 Å². The molecule has 1 atom stereocenters. The van der Waals surface area contributed by atoms with Crippen molar-refractivity contribution >= 4 is 5.91 Å². The molecule has 3 nitrogen and oxygen atoms in total. The number of nitrogens with one attached hydrogen (secondary N) is 1. The van der Waals surface area contributed by atoms with Crippen molar-refractivity contribution in [3.8, 4) is 0 Å². The number of amides is 1. The monoisotopic (exact) mass is 258 g/mol. The topological polar surface area (TPSA) is 55.1 Å². The third-order valence-corrected chi connectivity index (χ3v) is 2.23. The van der Waals surface area contributed by atoms with Crippen LogP contribution in [-0.2, 0) is 4.79 Å². The predicted molar refractivity (Wildman–Crippen MR) is 56.0 cm³/mol. The molecule has 0 aliphatic heterocycles. The molecule has 0 heterocycles. The number of rotatable bonds is 7. The molecule has 0 spiro atoms. The van der Waals surface area contributed by atoms with E-state index in [0.717, 1.165) is 0 Å². The van der Waals surface area contributed by atoms with Gasteiger partial charge >= 0.3 is 12.3 Å². The number of halogens is 4. The van der Waals surface area contributed by atoms with Gasteiger partial charge in [0.1, 0.15) is 0 Å². The zero-order chi connectivity index (χ0) is 13.6. The lowest BCUT2D eigenvalue weighted by molar-refractivity contribution is -0.138. The Balaban J connectivity index is 4.24. The van der Waals surface area contributed by atoms with Crippen LogP contribution in [0.15, 0.2) is 0 Å². The minimum Gasteiger partial charge on any atom is -0.350 e. The Morgan fingerprint density at radius 2 is 1.88 bits per heavy atom. The fraction of sp³-hybridized carbons (Fsp3) is 0.900.